The molecule has 3 aliphatic rings. The van der Waals surface area contributed by atoms with E-state index in [1.807, 2.05) is 36.1 Å². The molecule has 1 aromatic rings. The summed E-state index contributed by atoms with van der Waals surface area (Å²) in [4.78, 5) is 32.7. The molecule has 2 aliphatic heterocycles. The molecule has 170 valence electrons. The van der Waals surface area contributed by atoms with Gasteiger partial charge in [-0.1, -0.05) is 37.5 Å². The van der Waals surface area contributed by atoms with Crippen molar-refractivity contribution in [1.29, 1.82) is 0 Å². The van der Waals surface area contributed by atoms with Gasteiger partial charge in [0, 0.05) is 45.0 Å². The summed E-state index contributed by atoms with van der Waals surface area (Å²) in [5, 5.41) is 3.01. The maximum absolute atomic E-state index is 13.6. The molecule has 1 saturated carbocycles. The van der Waals surface area contributed by atoms with E-state index in [0.29, 0.717) is 24.9 Å². The van der Waals surface area contributed by atoms with Crippen molar-refractivity contribution in [2.24, 2.45) is 11.8 Å². The van der Waals surface area contributed by atoms with Crippen LogP contribution in [0, 0.1) is 18.8 Å². The highest BCUT2D eigenvalue weighted by atomic mass is 16.2. The molecule has 1 atom stereocenters. The number of carbonyl (C=O) groups excluding carboxylic acids is 2. The Morgan fingerprint density at radius 2 is 1.48 bits per heavy atom. The van der Waals surface area contributed by atoms with Gasteiger partial charge in [0.05, 0.1) is 6.04 Å². The zero-order valence-electron chi connectivity index (χ0n) is 19.2. The van der Waals surface area contributed by atoms with Crippen LogP contribution in [-0.4, -0.2) is 71.9 Å². The first-order valence-electron chi connectivity index (χ1n) is 12.2. The van der Waals surface area contributed by atoms with Gasteiger partial charge < -0.3 is 15.1 Å². The molecule has 0 bridgehead atoms. The number of piperidine rings is 1. The van der Waals surface area contributed by atoms with Crippen molar-refractivity contribution in [3.8, 4) is 0 Å². The fourth-order valence-corrected chi connectivity index (χ4v) is 5.39. The molecule has 6 nitrogen and oxygen atoms in total. The van der Waals surface area contributed by atoms with Crippen molar-refractivity contribution in [2.75, 3.05) is 44.6 Å². The first-order chi connectivity index (χ1) is 15.0. The minimum atomic E-state index is -0.0442. The number of aryl methyl sites for hydroxylation is 1. The van der Waals surface area contributed by atoms with Crippen LogP contribution in [-0.2, 0) is 4.79 Å². The third kappa shape index (κ3) is 5.40. The van der Waals surface area contributed by atoms with Crippen LogP contribution >= 0.6 is 0 Å². The van der Waals surface area contributed by atoms with Gasteiger partial charge in [0.25, 0.3) is 0 Å². The average Bonchev–Trinajstić information content (AvgIpc) is 3.31. The van der Waals surface area contributed by atoms with Crippen LogP contribution in [0.3, 0.4) is 0 Å². The molecule has 0 radical (unpaired) electrons. The number of anilines is 1. The molecule has 0 aromatic heterocycles. The number of nitrogens with zero attached hydrogens (tertiary/aromatic N) is 3. The van der Waals surface area contributed by atoms with Gasteiger partial charge >= 0.3 is 6.03 Å². The second-order valence-electron chi connectivity index (χ2n) is 9.82. The largest absolute Gasteiger partial charge is 0.341 e. The van der Waals surface area contributed by atoms with Gasteiger partial charge in [-0.25, -0.2) is 4.79 Å². The van der Waals surface area contributed by atoms with Crippen LogP contribution in [0.15, 0.2) is 24.3 Å². The van der Waals surface area contributed by atoms with E-state index in [9.17, 15) is 9.59 Å². The minimum absolute atomic E-state index is 0.00165. The van der Waals surface area contributed by atoms with Crippen LogP contribution in [0.2, 0.25) is 0 Å². The van der Waals surface area contributed by atoms with Crippen molar-refractivity contribution >= 4 is 17.6 Å². The Hall–Kier alpha value is -2.08. The van der Waals surface area contributed by atoms with Crippen molar-refractivity contribution in [2.45, 2.75) is 58.4 Å². The molecule has 1 unspecified atom stereocenters. The number of likely N-dealkylation sites (tertiary alicyclic amines) is 1. The predicted molar refractivity (Wildman–Crippen MR) is 124 cm³/mol. The number of hydrogen-bond donors (Lipinski definition) is 1. The summed E-state index contributed by atoms with van der Waals surface area (Å²) >= 11 is 0. The molecular weight excluding hydrogens is 388 g/mol. The molecule has 0 spiro atoms. The lowest BCUT2D eigenvalue weighted by molar-refractivity contribution is -0.141. The van der Waals surface area contributed by atoms with Crippen LogP contribution in [0.4, 0.5) is 10.5 Å². The van der Waals surface area contributed by atoms with E-state index in [1.54, 1.807) is 0 Å². The highest BCUT2D eigenvalue weighted by molar-refractivity contribution is 5.89. The molecule has 1 N–H and O–H groups in total. The lowest BCUT2D eigenvalue weighted by atomic mass is 9.92. The van der Waals surface area contributed by atoms with Gasteiger partial charge in [-0.3, -0.25) is 9.69 Å². The number of piperazine rings is 1. The van der Waals surface area contributed by atoms with Gasteiger partial charge in [0.2, 0.25) is 5.91 Å². The molecule has 3 fully saturated rings. The normalized spacial score (nSPS) is 22.5. The highest BCUT2D eigenvalue weighted by Gasteiger charge is 2.39. The zero-order chi connectivity index (χ0) is 21.8. The summed E-state index contributed by atoms with van der Waals surface area (Å²) in [6.07, 6.45) is 7.05. The van der Waals surface area contributed by atoms with Crippen LogP contribution < -0.4 is 5.32 Å². The van der Waals surface area contributed by atoms with Crippen LogP contribution in [0.1, 0.15) is 51.0 Å². The number of amides is 3. The van der Waals surface area contributed by atoms with E-state index in [0.717, 1.165) is 63.5 Å². The van der Waals surface area contributed by atoms with E-state index in [-0.39, 0.29) is 12.1 Å². The molecule has 2 heterocycles. The maximum atomic E-state index is 13.6. The second-order valence-corrected chi connectivity index (χ2v) is 9.82. The average molecular weight is 427 g/mol. The Morgan fingerprint density at radius 1 is 0.871 bits per heavy atom. The lowest BCUT2D eigenvalue weighted by Gasteiger charge is -2.43. The monoisotopic (exact) mass is 426 g/mol. The summed E-state index contributed by atoms with van der Waals surface area (Å²) in [6.45, 7) is 9.03. The summed E-state index contributed by atoms with van der Waals surface area (Å²) < 4.78 is 0. The first kappa shape index (κ1) is 22.1. The van der Waals surface area contributed by atoms with E-state index in [2.05, 4.69) is 22.0 Å². The van der Waals surface area contributed by atoms with Crippen LogP contribution in [0.5, 0.6) is 0 Å². The topological polar surface area (TPSA) is 55.9 Å². The molecular formula is C25H38N4O2. The Bertz CT molecular complexity index is 743. The molecule has 1 aliphatic carbocycles. The lowest BCUT2D eigenvalue weighted by Crippen LogP contribution is -2.59. The quantitative estimate of drug-likeness (QED) is 0.793. The number of nitrogens with one attached hydrogen (secondary N) is 1. The Morgan fingerprint density at radius 3 is 2.10 bits per heavy atom. The molecule has 3 amide bonds. The standard InChI is InChI=1S/C25H38N4O2/c1-19-7-9-22(10-8-19)26-25(31)29-17-15-27(16-18-29)23(21-5-3-4-6-21)24(30)28-13-11-20(2)12-14-28/h7-10,20-21,23H,3-6,11-18H2,1-2H3,(H,26,31). The number of benzene rings is 1. The second kappa shape index (κ2) is 10.0. The third-order valence-electron chi connectivity index (χ3n) is 7.49. The molecule has 2 saturated heterocycles. The number of urea groups is 1. The Kier molecular flexibility index (Phi) is 7.16. The van der Waals surface area contributed by atoms with Gasteiger partial charge in [-0.05, 0) is 56.6 Å². The van der Waals surface area contributed by atoms with E-state index < -0.39 is 0 Å². The smallest absolute Gasteiger partial charge is 0.321 e. The first-order valence-corrected chi connectivity index (χ1v) is 12.2. The van der Waals surface area contributed by atoms with Crippen LogP contribution in [0.25, 0.3) is 0 Å². The van der Waals surface area contributed by atoms with Crippen molar-refractivity contribution < 1.29 is 9.59 Å². The van der Waals surface area contributed by atoms with E-state index in [1.165, 1.54) is 18.4 Å². The van der Waals surface area contributed by atoms with Gasteiger partial charge in [-0.2, -0.15) is 0 Å². The minimum Gasteiger partial charge on any atom is -0.341 e. The SMILES string of the molecule is Cc1ccc(NC(=O)N2CCN(C(C(=O)N3CCC(C)CC3)C3CCCC3)CC2)cc1. The fourth-order valence-electron chi connectivity index (χ4n) is 5.39. The van der Waals surface area contributed by atoms with Crippen molar-refractivity contribution in [3.63, 3.8) is 0 Å². The van der Waals surface area contributed by atoms with E-state index in [4.69, 9.17) is 0 Å². The number of rotatable bonds is 4. The number of carbonyl (C=O) groups is 2. The van der Waals surface area contributed by atoms with Gasteiger partial charge in [-0.15, -0.1) is 0 Å². The summed E-state index contributed by atoms with van der Waals surface area (Å²) in [5.41, 5.74) is 2.01. The summed E-state index contributed by atoms with van der Waals surface area (Å²) in [5.74, 6) is 1.54. The molecule has 4 rings (SSSR count). The van der Waals surface area contributed by atoms with Gasteiger partial charge in [0.15, 0.2) is 0 Å². The Balaban J connectivity index is 1.36. The predicted octanol–water partition coefficient (Wildman–Crippen LogP) is 3.96. The Labute approximate surface area is 187 Å². The molecule has 1 aromatic carbocycles. The maximum Gasteiger partial charge on any atom is 0.321 e. The molecule has 6 heteroatoms. The van der Waals surface area contributed by atoms with Gasteiger partial charge in [0.1, 0.15) is 0 Å². The van der Waals surface area contributed by atoms with E-state index >= 15 is 0 Å². The zero-order valence-corrected chi connectivity index (χ0v) is 19.2. The number of hydrogen-bond acceptors (Lipinski definition) is 3. The van der Waals surface area contributed by atoms with Crippen molar-refractivity contribution in [1.82, 2.24) is 14.7 Å². The highest BCUT2D eigenvalue weighted by Crippen LogP contribution is 2.32. The molecule has 31 heavy (non-hydrogen) atoms. The van der Waals surface area contributed by atoms with Crippen molar-refractivity contribution in [3.05, 3.63) is 29.8 Å². The third-order valence-corrected chi connectivity index (χ3v) is 7.49. The summed E-state index contributed by atoms with van der Waals surface area (Å²) in [7, 11) is 0. The fraction of sp³-hybridized carbons (Fsp3) is 0.680. The summed E-state index contributed by atoms with van der Waals surface area (Å²) in [6, 6.07) is 7.85.